The predicted octanol–water partition coefficient (Wildman–Crippen LogP) is -3.42. The Labute approximate surface area is 87.8 Å². The number of cyclic esters (lactones) is 2. The van der Waals surface area contributed by atoms with Gasteiger partial charge in [-0.05, 0) is 0 Å². The van der Waals surface area contributed by atoms with Crippen LogP contribution in [-0.2, 0) is 23.9 Å². The molecule has 0 spiro atoms. The molecule has 1 aliphatic rings. The summed E-state index contributed by atoms with van der Waals surface area (Å²) >= 11 is 0. The van der Waals surface area contributed by atoms with E-state index < -0.39 is 42.5 Å². The lowest BCUT2D eigenvalue weighted by molar-refractivity contribution is -0.201. The van der Waals surface area contributed by atoms with Gasteiger partial charge in [-0.1, -0.05) is 0 Å². The fraction of sp³-hybridized carbons (Fsp3) is 0.571. The van der Waals surface area contributed by atoms with E-state index >= 15 is 0 Å². The van der Waals surface area contributed by atoms with Crippen LogP contribution < -0.4 is 0 Å². The molecule has 0 radical (unpaired) electrons. The van der Waals surface area contributed by atoms with Crippen LogP contribution in [0.15, 0.2) is 0 Å². The lowest BCUT2D eigenvalue weighted by atomic mass is 9.90. The van der Waals surface area contributed by atoms with Crippen molar-refractivity contribution in [3.05, 3.63) is 0 Å². The summed E-state index contributed by atoms with van der Waals surface area (Å²) in [6, 6.07) is 0. The summed E-state index contributed by atoms with van der Waals surface area (Å²) in [4.78, 5) is 32.5. The molecule has 0 saturated carbocycles. The highest BCUT2D eigenvalue weighted by atomic mass is 16.7. The molecule has 9 nitrogen and oxygen atoms in total. The topological polar surface area (TPSA) is 151 Å². The first-order chi connectivity index (χ1) is 7.31. The van der Waals surface area contributed by atoms with Crippen molar-refractivity contribution in [1.29, 1.82) is 0 Å². The van der Waals surface area contributed by atoms with Crippen LogP contribution >= 0.6 is 0 Å². The lowest BCUT2D eigenvalue weighted by Gasteiger charge is -2.27. The van der Waals surface area contributed by atoms with Gasteiger partial charge >= 0.3 is 17.9 Å². The van der Waals surface area contributed by atoms with Crippen molar-refractivity contribution >= 4 is 17.9 Å². The van der Waals surface area contributed by atoms with Crippen LogP contribution in [-0.4, -0.2) is 62.9 Å². The third-order valence-electron chi connectivity index (χ3n) is 2.01. The molecule has 1 fully saturated rings. The van der Waals surface area contributed by atoms with Gasteiger partial charge in [0.05, 0.1) is 0 Å². The molecule has 90 valence electrons. The van der Waals surface area contributed by atoms with E-state index in [1.807, 2.05) is 0 Å². The largest absolute Gasteiger partial charge is 0.479 e. The molecule has 16 heavy (non-hydrogen) atoms. The van der Waals surface area contributed by atoms with Crippen LogP contribution in [0.25, 0.3) is 0 Å². The van der Waals surface area contributed by atoms with Crippen LogP contribution in [0.5, 0.6) is 0 Å². The number of ether oxygens (including phenoxy) is 2. The zero-order valence-corrected chi connectivity index (χ0v) is 7.69. The van der Waals surface area contributed by atoms with E-state index in [0.717, 1.165) is 0 Å². The first-order valence-corrected chi connectivity index (χ1v) is 3.97. The third kappa shape index (κ3) is 1.71. The Morgan fingerprint density at radius 2 is 2.00 bits per heavy atom. The Bertz CT molecular complexity index is 337. The number of hydrogen-bond donors (Lipinski definition) is 4. The van der Waals surface area contributed by atoms with Crippen molar-refractivity contribution in [3.8, 4) is 0 Å². The first-order valence-electron chi connectivity index (χ1n) is 3.97. The molecule has 0 aromatic carbocycles. The average Bonchev–Trinajstić information content (AvgIpc) is 2.32. The Kier molecular flexibility index (Phi) is 3.12. The number of aliphatic hydroxyl groups excluding tert-OH is 2. The van der Waals surface area contributed by atoms with E-state index in [0.29, 0.717) is 0 Å². The Morgan fingerprint density at radius 3 is 2.50 bits per heavy atom. The number of carboxylic acid groups (broad SMARTS) is 1. The van der Waals surface area contributed by atoms with Crippen molar-refractivity contribution < 1.29 is 44.3 Å². The highest BCUT2D eigenvalue weighted by Gasteiger charge is 2.59. The fourth-order valence-corrected chi connectivity index (χ4v) is 1.08. The SMILES string of the molecule is O=C(O)C(O)C1(O)C(=O)OCOC(=O)C1O. The van der Waals surface area contributed by atoms with Gasteiger partial charge in [0.15, 0.2) is 12.2 Å². The van der Waals surface area contributed by atoms with Crippen LogP contribution in [0.4, 0.5) is 0 Å². The normalized spacial score (nSPS) is 32.3. The van der Waals surface area contributed by atoms with E-state index in [1.54, 1.807) is 0 Å². The molecular formula is C7H8O9. The van der Waals surface area contributed by atoms with Gasteiger partial charge in [-0.25, -0.2) is 14.4 Å². The maximum atomic E-state index is 11.2. The van der Waals surface area contributed by atoms with E-state index in [9.17, 15) is 24.6 Å². The second-order valence-corrected chi connectivity index (χ2v) is 2.98. The van der Waals surface area contributed by atoms with Crippen molar-refractivity contribution in [2.24, 2.45) is 0 Å². The number of rotatable bonds is 2. The maximum Gasteiger partial charge on any atom is 0.347 e. The standard InChI is InChI=1S/C7H8O9/c8-2(4(10)11)7(14)3(9)5(12)15-1-16-6(7)13/h2-3,8-9,14H,1H2,(H,10,11). The summed E-state index contributed by atoms with van der Waals surface area (Å²) in [5, 5.41) is 36.3. The molecule has 3 atom stereocenters. The molecule has 1 saturated heterocycles. The maximum absolute atomic E-state index is 11.2. The van der Waals surface area contributed by atoms with Crippen LogP contribution in [0.3, 0.4) is 0 Å². The van der Waals surface area contributed by atoms with E-state index in [1.165, 1.54) is 0 Å². The summed E-state index contributed by atoms with van der Waals surface area (Å²) in [6.07, 6.45) is -5.27. The Balaban J connectivity index is 3.16. The van der Waals surface area contributed by atoms with Gasteiger partial charge in [0, 0.05) is 0 Å². The second kappa shape index (κ2) is 4.04. The average molecular weight is 236 g/mol. The molecular weight excluding hydrogens is 228 g/mol. The van der Waals surface area contributed by atoms with Crippen LogP contribution in [0, 0.1) is 0 Å². The second-order valence-electron chi connectivity index (χ2n) is 2.98. The Morgan fingerprint density at radius 1 is 1.44 bits per heavy atom. The van der Waals surface area contributed by atoms with E-state index in [2.05, 4.69) is 9.47 Å². The third-order valence-corrected chi connectivity index (χ3v) is 2.01. The summed E-state index contributed by atoms with van der Waals surface area (Å²) in [5.41, 5.74) is -3.29. The summed E-state index contributed by atoms with van der Waals surface area (Å²) < 4.78 is 8.23. The zero-order chi connectivity index (χ0) is 12.5. The molecule has 0 bridgehead atoms. The molecule has 1 aliphatic heterocycles. The number of hydrogen-bond acceptors (Lipinski definition) is 8. The smallest absolute Gasteiger partial charge is 0.347 e. The minimum absolute atomic E-state index is 0.886. The number of carbonyl (C=O) groups excluding carboxylic acids is 2. The lowest BCUT2D eigenvalue weighted by Crippen LogP contribution is -2.62. The van der Waals surface area contributed by atoms with Gasteiger partial charge in [-0.2, -0.15) is 0 Å². The predicted molar refractivity (Wildman–Crippen MR) is 41.7 cm³/mol. The molecule has 4 N–H and O–H groups in total. The molecule has 9 heteroatoms. The van der Waals surface area contributed by atoms with Gasteiger partial charge in [0.25, 0.3) is 0 Å². The van der Waals surface area contributed by atoms with Gasteiger partial charge in [0.2, 0.25) is 12.4 Å². The number of aliphatic carboxylic acids is 1. The number of carbonyl (C=O) groups is 3. The van der Waals surface area contributed by atoms with Crippen molar-refractivity contribution in [1.82, 2.24) is 0 Å². The van der Waals surface area contributed by atoms with Gasteiger partial charge in [-0.15, -0.1) is 0 Å². The highest BCUT2D eigenvalue weighted by molar-refractivity contribution is 5.95. The van der Waals surface area contributed by atoms with Crippen molar-refractivity contribution in [2.75, 3.05) is 6.79 Å². The first kappa shape index (κ1) is 12.4. The molecule has 0 aromatic rings. The quantitative estimate of drug-likeness (QED) is 0.359. The molecule has 0 aromatic heterocycles. The van der Waals surface area contributed by atoms with Crippen LogP contribution in [0.1, 0.15) is 0 Å². The summed E-state index contributed by atoms with van der Waals surface area (Å²) in [5.74, 6) is -5.15. The molecule has 0 amide bonds. The number of esters is 2. The Hall–Kier alpha value is -1.71. The molecule has 1 heterocycles. The van der Waals surface area contributed by atoms with Crippen molar-refractivity contribution in [2.45, 2.75) is 17.8 Å². The number of aliphatic hydroxyl groups is 3. The van der Waals surface area contributed by atoms with E-state index in [-0.39, 0.29) is 0 Å². The molecule has 1 rings (SSSR count). The van der Waals surface area contributed by atoms with Gasteiger partial charge < -0.3 is 29.9 Å². The van der Waals surface area contributed by atoms with Gasteiger partial charge in [-0.3, -0.25) is 0 Å². The van der Waals surface area contributed by atoms with Crippen LogP contribution in [0.2, 0.25) is 0 Å². The van der Waals surface area contributed by atoms with Gasteiger partial charge in [0.1, 0.15) is 0 Å². The minimum atomic E-state index is -3.29. The van der Waals surface area contributed by atoms with Crippen molar-refractivity contribution in [3.63, 3.8) is 0 Å². The zero-order valence-electron chi connectivity index (χ0n) is 7.69. The summed E-state index contributed by atoms with van der Waals surface area (Å²) in [6.45, 7) is -0.886. The minimum Gasteiger partial charge on any atom is -0.479 e. The fourth-order valence-electron chi connectivity index (χ4n) is 1.08. The highest BCUT2D eigenvalue weighted by Crippen LogP contribution is 2.22. The monoisotopic (exact) mass is 236 g/mol. The molecule has 3 unspecified atom stereocenters. The molecule has 0 aliphatic carbocycles. The van der Waals surface area contributed by atoms with E-state index in [4.69, 9.17) is 10.2 Å². The summed E-state index contributed by atoms with van der Waals surface area (Å²) in [7, 11) is 0. The number of carboxylic acids is 1.